The molecule has 2 rings (SSSR count). The number of fused-ring (bicyclic) bond motifs is 1. The van der Waals surface area contributed by atoms with Gasteiger partial charge in [0.05, 0.1) is 25.3 Å². The summed E-state index contributed by atoms with van der Waals surface area (Å²) in [5.74, 6) is 0. The normalized spacial score (nSPS) is 47.2. The Labute approximate surface area is 105 Å². The number of quaternary nitrogens is 1. The lowest BCUT2D eigenvalue weighted by Gasteiger charge is -2.56. The first-order valence-corrected chi connectivity index (χ1v) is 6.57. The molecule has 3 atom stereocenters. The fourth-order valence-electron chi connectivity index (χ4n) is 3.73. The smallest absolute Gasteiger partial charge is 0.129 e. The Bertz CT molecular complexity index is 384. The average molecular weight is 236 g/mol. The molecule has 1 aliphatic carbocycles. The lowest BCUT2D eigenvalue weighted by Crippen LogP contribution is -2.64. The van der Waals surface area contributed by atoms with Gasteiger partial charge in [0.25, 0.3) is 0 Å². The van der Waals surface area contributed by atoms with Crippen molar-refractivity contribution in [3.63, 3.8) is 0 Å². The first-order valence-electron chi connectivity index (χ1n) is 6.57. The van der Waals surface area contributed by atoms with Crippen LogP contribution in [0.15, 0.2) is 24.4 Å². The minimum absolute atomic E-state index is 0.0531. The maximum Gasteiger partial charge on any atom is 0.129 e. The summed E-state index contributed by atoms with van der Waals surface area (Å²) in [4.78, 5) is 0. The number of hydrogen-bond acceptors (Lipinski definition) is 1. The second-order valence-corrected chi connectivity index (χ2v) is 6.87. The van der Waals surface area contributed by atoms with E-state index in [0.717, 1.165) is 17.4 Å². The van der Waals surface area contributed by atoms with Gasteiger partial charge in [-0.15, -0.1) is 0 Å². The molecular weight excluding hydrogens is 210 g/mol. The Morgan fingerprint density at radius 3 is 2.41 bits per heavy atom. The van der Waals surface area contributed by atoms with E-state index in [9.17, 15) is 5.11 Å². The van der Waals surface area contributed by atoms with Crippen LogP contribution in [0.25, 0.3) is 0 Å². The predicted octanol–water partition coefficient (Wildman–Crippen LogP) is 2.70. The van der Waals surface area contributed by atoms with Gasteiger partial charge < -0.3 is 5.11 Å². The molecule has 2 unspecified atom stereocenters. The second-order valence-electron chi connectivity index (χ2n) is 6.87. The van der Waals surface area contributed by atoms with Crippen LogP contribution in [0.2, 0.25) is 0 Å². The van der Waals surface area contributed by atoms with Gasteiger partial charge in [-0.25, -0.2) is 0 Å². The van der Waals surface area contributed by atoms with Crippen LogP contribution < -0.4 is 0 Å². The van der Waals surface area contributed by atoms with Crippen molar-refractivity contribution in [2.24, 2.45) is 10.8 Å². The minimum atomic E-state index is 0.0531. The standard InChI is InChI=1S/C15H26NO/c1-13(2)7-6-8-15(4)14(13,3)9-10-16(15,5)11-12-17/h6,8-10,17H,7,11-12H2,1-5H3/q+1/t14-,15?,16?/m0/s1. The van der Waals surface area contributed by atoms with Crippen LogP contribution in [0.1, 0.15) is 34.1 Å². The lowest BCUT2D eigenvalue weighted by molar-refractivity contribution is -0.905. The molecule has 0 aromatic carbocycles. The van der Waals surface area contributed by atoms with Gasteiger partial charge >= 0.3 is 0 Å². The molecule has 0 saturated carbocycles. The van der Waals surface area contributed by atoms with Crippen molar-refractivity contribution < 1.29 is 9.59 Å². The van der Waals surface area contributed by atoms with Crippen molar-refractivity contribution >= 4 is 0 Å². The van der Waals surface area contributed by atoms with Crippen LogP contribution >= 0.6 is 0 Å². The summed E-state index contributed by atoms with van der Waals surface area (Å²) >= 11 is 0. The molecule has 0 radical (unpaired) electrons. The summed E-state index contributed by atoms with van der Waals surface area (Å²) in [5, 5.41) is 9.34. The van der Waals surface area contributed by atoms with E-state index < -0.39 is 0 Å². The molecule has 1 heterocycles. The van der Waals surface area contributed by atoms with Crippen LogP contribution in [-0.4, -0.2) is 35.3 Å². The molecule has 2 nitrogen and oxygen atoms in total. The van der Waals surface area contributed by atoms with Crippen molar-refractivity contribution in [3.05, 3.63) is 24.4 Å². The van der Waals surface area contributed by atoms with E-state index >= 15 is 0 Å². The summed E-state index contributed by atoms with van der Waals surface area (Å²) in [6.45, 7) is 10.4. The molecular formula is C15H26NO+. The van der Waals surface area contributed by atoms with E-state index in [1.165, 1.54) is 0 Å². The van der Waals surface area contributed by atoms with Gasteiger partial charge in [0.1, 0.15) is 12.1 Å². The monoisotopic (exact) mass is 236 g/mol. The van der Waals surface area contributed by atoms with Gasteiger partial charge in [0.2, 0.25) is 0 Å². The number of aliphatic hydroxyl groups is 1. The second kappa shape index (κ2) is 3.46. The van der Waals surface area contributed by atoms with Crippen LogP contribution in [0.3, 0.4) is 0 Å². The molecule has 0 bridgehead atoms. The Hall–Kier alpha value is -0.600. The Morgan fingerprint density at radius 1 is 1.18 bits per heavy atom. The minimum Gasteiger partial charge on any atom is -0.390 e. The van der Waals surface area contributed by atoms with Gasteiger partial charge in [0, 0.05) is 0 Å². The fourth-order valence-corrected chi connectivity index (χ4v) is 3.73. The van der Waals surface area contributed by atoms with E-state index in [0.29, 0.717) is 0 Å². The summed E-state index contributed by atoms with van der Waals surface area (Å²) in [5.41, 5.74) is 0.467. The van der Waals surface area contributed by atoms with E-state index in [2.05, 4.69) is 59.2 Å². The van der Waals surface area contributed by atoms with Gasteiger partial charge in [-0.3, -0.25) is 4.48 Å². The van der Waals surface area contributed by atoms with E-state index in [1.54, 1.807) is 0 Å². The zero-order valence-corrected chi connectivity index (χ0v) is 11.8. The van der Waals surface area contributed by atoms with Gasteiger partial charge in [-0.2, -0.15) is 0 Å². The number of likely N-dealkylation sites (N-methyl/N-ethyl adjacent to an activating group) is 1. The topological polar surface area (TPSA) is 20.2 Å². The average Bonchev–Trinajstić information content (AvgIpc) is 2.42. The third-order valence-corrected chi connectivity index (χ3v) is 5.89. The van der Waals surface area contributed by atoms with E-state index in [-0.39, 0.29) is 23.0 Å². The first-order chi connectivity index (χ1) is 7.72. The van der Waals surface area contributed by atoms with Crippen LogP contribution in [-0.2, 0) is 0 Å². The van der Waals surface area contributed by atoms with Gasteiger partial charge in [-0.05, 0) is 37.8 Å². The molecule has 0 fully saturated rings. The Morgan fingerprint density at radius 2 is 1.82 bits per heavy atom. The molecule has 96 valence electrons. The molecule has 17 heavy (non-hydrogen) atoms. The van der Waals surface area contributed by atoms with E-state index in [4.69, 9.17) is 0 Å². The maximum absolute atomic E-state index is 9.34. The molecule has 2 aliphatic rings. The summed E-state index contributed by atoms with van der Waals surface area (Å²) in [6.07, 6.45) is 10.5. The number of aliphatic hydroxyl groups excluding tert-OH is 1. The van der Waals surface area contributed by atoms with Crippen molar-refractivity contribution in [1.82, 2.24) is 0 Å². The quantitative estimate of drug-likeness (QED) is 0.577. The van der Waals surface area contributed by atoms with Crippen molar-refractivity contribution in [2.75, 3.05) is 20.2 Å². The highest BCUT2D eigenvalue weighted by molar-refractivity contribution is 5.28. The Balaban J connectivity index is 2.54. The van der Waals surface area contributed by atoms with Crippen LogP contribution in [0.4, 0.5) is 0 Å². The highest BCUT2D eigenvalue weighted by Gasteiger charge is 2.64. The number of allylic oxidation sites excluding steroid dienone is 1. The maximum atomic E-state index is 9.34. The van der Waals surface area contributed by atoms with Crippen molar-refractivity contribution in [3.8, 4) is 0 Å². The molecule has 1 aliphatic heterocycles. The third kappa shape index (κ3) is 1.34. The lowest BCUT2D eigenvalue weighted by atomic mass is 9.53. The number of nitrogens with zero attached hydrogens (tertiary/aromatic N) is 1. The molecule has 0 aromatic heterocycles. The third-order valence-electron chi connectivity index (χ3n) is 5.89. The van der Waals surface area contributed by atoms with Crippen LogP contribution in [0, 0.1) is 10.8 Å². The molecule has 1 N–H and O–H groups in total. The number of rotatable bonds is 2. The highest BCUT2D eigenvalue weighted by atomic mass is 16.3. The summed E-state index contributed by atoms with van der Waals surface area (Å²) in [7, 11) is 2.23. The zero-order valence-electron chi connectivity index (χ0n) is 11.8. The van der Waals surface area contributed by atoms with E-state index in [1.807, 2.05) is 0 Å². The zero-order chi connectivity index (χ0) is 12.9. The van der Waals surface area contributed by atoms with Crippen molar-refractivity contribution in [2.45, 2.75) is 39.7 Å². The largest absolute Gasteiger partial charge is 0.390 e. The van der Waals surface area contributed by atoms with Crippen molar-refractivity contribution in [1.29, 1.82) is 0 Å². The molecule has 0 aromatic rings. The predicted molar refractivity (Wildman–Crippen MR) is 71.3 cm³/mol. The molecule has 2 heteroatoms. The summed E-state index contributed by atoms with van der Waals surface area (Å²) < 4.78 is 0.805. The molecule has 0 saturated heterocycles. The van der Waals surface area contributed by atoms with Gasteiger partial charge in [0.15, 0.2) is 0 Å². The summed E-state index contributed by atoms with van der Waals surface area (Å²) in [6, 6.07) is 0. The molecule has 0 spiro atoms. The van der Waals surface area contributed by atoms with Crippen LogP contribution in [0.5, 0.6) is 0 Å². The fraction of sp³-hybridized carbons (Fsp3) is 0.733. The first kappa shape index (κ1) is 12.8. The van der Waals surface area contributed by atoms with Gasteiger partial charge in [-0.1, -0.05) is 19.9 Å². The SMILES string of the molecule is CC1(C)CC=CC2(C)[C@@]1(C)C=C[N+]2(C)CCO. The highest BCUT2D eigenvalue weighted by Crippen LogP contribution is 2.60. The Kier molecular flexibility index (Phi) is 2.61. The molecule has 0 amide bonds. The number of hydrogen-bond donors (Lipinski definition) is 1.